The molecule has 324 valence electrons. The topological polar surface area (TPSA) is 141 Å². The van der Waals surface area contributed by atoms with Crippen molar-refractivity contribution >= 4 is 47.1 Å². The van der Waals surface area contributed by atoms with Crippen molar-refractivity contribution in [3.63, 3.8) is 0 Å². The van der Waals surface area contributed by atoms with Crippen molar-refractivity contribution in [2.75, 3.05) is 7.05 Å². The summed E-state index contributed by atoms with van der Waals surface area (Å²) >= 11 is 7.31. The van der Waals surface area contributed by atoms with E-state index in [1.165, 1.54) is 5.57 Å². The summed E-state index contributed by atoms with van der Waals surface area (Å²) in [4.78, 5) is 49.4. The van der Waals surface area contributed by atoms with E-state index in [2.05, 4.69) is 53.4 Å². The van der Waals surface area contributed by atoms with Gasteiger partial charge in [-0.2, -0.15) is 0 Å². The Morgan fingerprint density at radius 1 is 1.08 bits per heavy atom. The zero-order valence-corrected chi connectivity index (χ0v) is 38.4. The normalized spacial score (nSPS) is 39.0. The van der Waals surface area contributed by atoms with Gasteiger partial charge in [0.15, 0.2) is 5.38 Å². The molecule has 10 heteroatoms. The predicted octanol–water partition coefficient (Wildman–Crippen LogP) is 10.3. The monoisotopic (exact) mass is 831 g/mol. The number of amides is 1. The third-order valence-electron chi connectivity index (χ3n) is 17.5. The number of aliphatic carboxylic acids is 1. The minimum Gasteiger partial charge on any atom is -0.481 e. The van der Waals surface area contributed by atoms with Crippen molar-refractivity contribution in [2.45, 2.75) is 163 Å². The molecule has 6 aliphatic rings. The first-order valence-corrected chi connectivity index (χ1v) is 22.7. The van der Waals surface area contributed by atoms with E-state index in [0.29, 0.717) is 36.6 Å². The summed E-state index contributed by atoms with van der Waals surface area (Å²) in [6.45, 7) is 25.2. The van der Waals surface area contributed by atoms with E-state index in [4.69, 9.17) is 26.3 Å². The second-order valence-electron chi connectivity index (χ2n) is 20.8. The number of carboxylic acid groups (broad SMARTS) is 1. The number of alkyl halides is 1. The molecule has 0 aromatic rings. The molecule has 0 saturated heterocycles. The third kappa shape index (κ3) is 6.51. The number of carbonyl (C=O) groups is 3. The Hall–Kier alpha value is -3.33. The average Bonchev–Trinajstić information content (AvgIpc) is 3.48. The van der Waals surface area contributed by atoms with Crippen LogP contribution in [0, 0.1) is 55.7 Å². The molecule has 4 fully saturated rings. The first-order valence-electron chi connectivity index (χ1n) is 22.2. The molecule has 3 N–H and O–H groups in total. The van der Waals surface area contributed by atoms with Crippen LogP contribution >= 0.6 is 11.6 Å². The van der Waals surface area contributed by atoms with Crippen LogP contribution in [0.15, 0.2) is 57.6 Å². The van der Waals surface area contributed by atoms with Gasteiger partial charge < -0.3 is 20.6 Å². The SMILES string of the molecule is C=CC(C=CC(CC)NC(=O)C(Cl)C(=NC)C12CCC3(C)C(CCC4C3(C)CCC35N=CC3(C)C(OC(=O)CC(C)(C)C(=O)O)CCC45C)C1=C(C(C)C)C(=N)C2)=CC. The number of hydrogen-bond donors (Lipinski definition) is 3. The minimum atomic E-state index is -1.20. The number of carbonyl (C=O) groups excluding carboxylic acids is 2. The van der Waals surface area contributed by atoms with Crippen LogP contribution in [0.4, 0.5) is 0 Å². The minimum absolute atomic E-state index is 0.0395. The van der Waals surface area contributed by atoms with Crippen LogP contribution < -0.4 is 5.32 Å². The van der Waals surface area contributed by atoms with E-state index in [1.807, 2.05) is 38.3 Å². The molecule has 9 nitrogen and oxygen atoms in total. The van der Waals surface area contributed by atoms with Crippen molar-refractivity contribution in [2.24, 2.45) is 60.2 Å². The molecule has 1 heterocycles. The molecular weight excluding hydrogens is 760 g/mol. The van der Waals surface area contributed by atoms with Crippen molar-refractivity contribution in [1.82, 2.24) is 5.32 Å². The Kier molecular flexibility index (Phi) is 11.9. The standard InChI is InChI=1S/C49H71ClN4O5/c1-13-30(14-2)16-17-31(15-3)54-41(56)39(50)40(52-12)48-24-22-44(8)32(38(48)37(29(4)5)33(51)26-48)18-19-34-45(44,9)23-25-49-46(34,10)21-20-35(47(49,11)28-53-49)59-36(55)27-43(6,7)42(57)58/h13-14,16-17,28-29,31-32,34-35,39,51H,1,15,18-27H2,2-12H3,(H,54,56)(H,57,58). The van der Waals surface area contributed by atoms with Gasteiger partial charge in [-0.15, -0.1) is 11.6 Å². The largest absolute Gasteiger partial charge is 0.481 e. The number of halogens is 1. The van der Waals surface area contributed by atoms with Crippen molar-refractivity contribution < 1.29 is 24.2 Å². The van der Waals surface area contributed by atoms with Gasteiger partial charge in [0.25, 0.3) is 0 Å². The second kappa shape index (κ2) is 15.5. The molecule has 6 rings (SSSR count). The molecule has 59 heavy (non-hydrogen) atoms. The number of ether oxygens (including phenoxy) is 1. The predicted molar refractivity (Wildman–Crippen MR) is 238 cm³/mol. The maximum atomic E-state index is 14.1. The van der Waals surface area contributed by atoms with Gasteiger partial charge in [0.2, 0.25) is 5.91 Å². The Balaban J connectivity index is 1.32. The van der Waals surface area contributed by atoms with E-state index in [-0.39, 0.29) is 58.1 Å². The molecule has 5 aliphatic carbocycles. The maximum absolute atomic E-state index is 14.1. The zero-order chi connectivity index (χ0) is 43.7. The number of rotatable bonds is 13. The van der Waals surface area contributed by atoms with Gasteiger partial charge in [-0.1, -0.05) is 72.4 Å². The number of nitrogens with zero attached hydrogens (tertiary/aromatic N) is 2. The molecule has 0 radical (unpaired) electrons. The molecule has 1 spiro atoms. The lowest BCUT2D eigenvalue weighted by Crippen LogP contribution is -2.77. The smallest absolute Gasteiger partial charge is 0.309 e. The van der Waals surface area contributed by atoms with Gasteiger partial charge in [-0.05, 0) is 136 Å². The number of aliphatic imine (C=N–C) groups is 2. The lowest BCUT2D eigenvalue weighted by Gasteiger charge is -2.76. The van der Waals surface area contributed by atoms with E-state index >= 15 is 0 Å². The Morgan fingerprint density at radius 2 is 1.76 bits per heavy atom. The highest BCUT2D eigenvalue weighted by atomic mass is 35.5. The summed E-state index contributed by atoms with van der Waals surface area (Å²) in [6, 6.07) is -0.203. The van der Waals surface area contributed by atoms with E-state index in [9.17, 15) is 24.9 Å². The molecule has 0 aromatic heterocycles. The number of nitrogens with one attached hydrogen (secondary N) is 2. The molecule has 0 aromatic carbocycles. The van der Waals surface area contributed by atoms with Crippen LogP contribution in [0.5, 0.6) is 0 Å². The lowest BCUT2D eigenvalue weighted by atomic mass is 9.30. The number of esters is 1. The van der Waals surface area contributed by atoms with Gasteiger partial charge >= 0.3 is 11.9 Å². The Labute approximate surface area is 358 Å². The van der Waals surface area contributed by atoms with Crippen LogP contribution in [-0.4, -0.2) is 70.7 Å². The van der Waals surface area contributed by atoms with E-state index < -0.39 is 33.6 Å². The van der Waals surface area contributed by atoms with Gasteiger partial charge in [0.1, 0.15) is 6.10 Å². The third-order valence-corrected chi connectivity index (χ3v) is 17.9. The molecule has 0 bridgehead atoms. The summed E-state index contributed by atoms with van der Waals surface area (Å²) in [5.41, 5.74) is 1.91. The first kappa shape index (κ1) is 45.2. The van der Waals surface area contributed by atoms with Gasteiger partial charge in [0.05, 0.1) is 28.5 Å². The number of fused-ring (bicyclic) bond motifs is 6. The van der Waals surface area contributed by atoms with Crippen LogP contribution in [0.3, 0.4) is 0 Å². The van der Waals surface area contributed by atoms with Crippen LogP contribution in [0.25, 0.3) is 0 Å². The van der Waals surface area contributed by atoms with Gasteiger partial charge in [-0.3, -0.25) is 24.4 Å². The fourth-order valence-corrected chi connectivity index (χ4v) is 14.2. The summed E-state index contributed by atoms with van der Waals surface area (Å²) in [7, 11) is 1.77. The van der Waals surface area contributed by atoms with Crippen LogP contribution in [-0.2, 0) is 19.1 Å². The Morgan fingerprint density at radius 3 is 2.32 bits per heavy atom. The van der Waals surface area contributed by atoms with Gasteiger partial charge in [-0.25, -0.2) is 0 Å². The molecule has 11 atom stereocenters. The summed E-state index contributed by atoms with van der Waals surface area (Å²) < 4.78 is 6.22. The van der Waals surface area contributed by atoms with E-state index in [1.54, 1.807) is 27.0 Å². The Bertz CT molecular complexity index is 1950. The highest BCUT2D eigenvalue weighted by molar-refractivity contribution is 6.44. The molecular formula is C49H71ClN4O5. The molecule has 4 saturated carbocycles. The fraction of sp³-hybridized carbons (Fsp3) is 0.714. The van der Waals surface area contributed by atoms with Crippen LogP contribution in [0.1, 0.15) is 140 Å². The first-order chi connectivity index (χ1) is 27.5. The molecule has 1 aliphatic heterocycles. The van der Waals surface area contributed by atoms with Gasteiger partial charge in [0, 0.05) is 36.9 Å². The number of carboxylic acids is 1. The molecule has 11 unspecified atom stereocenters. The summed E-state index contributed by atoms with van der Waals surface area (Å²) in [6.07, 6.45) is 17.6. The van der Waals surface area contributed by atoms with Crippen LogP contribution in [0.2, 0.25) is 0 Å². The highest BCUT2D eigenvalue weighted by Crippen LogP contribution is 2.79. The second-order valence-corrected chi connectivity index (χ2v) is 21.2. The van der Waals surface area contributed by atoms with Crippen molar-refractivity contribution in [3.05, 3.63) is 47.6 Å². The summed E-state index contributed by atoms with van der Waals surface area (Å²) in [5, 5.41) is 21.5. The number of allylic oxidation sites excluding steroid dienone is 6. The van der Waals surface area contributed by atoms with Crippen molar-refractivity contribution in [1.29, 1.82) is 5.41 Å². The fourth-order valence-electron chi connectivity index (χ4n) is 13.9. The summed E-state index contributed by atoms with van der Waals surface area (Å²) in [5.74, 6) is -1.01. The number of hydrogen-bond acceptors (Lipinski definition) is 7. The maximum Gasteiger partial charge on any atom is 0.309 e. The highest BCUT2D eigenvalue weighted by Gasteiger charge is 2.77. The quantitative estimate of drug-likeness (QED) is 0.0733. The van der Waals surface area contributed by atoms with Crippen molar-refractivity contribution in [3.8, 4) is 0 Å². The zero-order valence-electron chi connectivity index (χ0n) is 37.7. The lowest BCUT2D eigenvalue weighted by molar-refractivity contribution is -0.237. The molecule has 1 amide bonds. The average molecular weight is 832 g/mol. The van der Waals surface area contributed by atoms with E-state index in [0.717, 1.165) is 56.1 Å².